The first-order chi connectivity index (χ1) is 9.05. The molecule has 1 rings (SSSR count). The van der Waals surface area contributed by atoms with Crippen LogP contribution in [0.2, 0.25) is 0 Å². The molecule has 0 aliphatic heterocycles. The van der Waals surface area contributed by atoms with E-state index in [0.29, 0.717) is 0 Å². The summed E-state index contributed by atoms with van der Waals surface area (Å²) in [6, 6.07) is 4.81. The van der Waals surface area contributed by atoms with E-state index in [1.54, 1.807) is 19.1 Å². The van der Waals surface area contributed by atoms with Gasteiger partial charge in [0.25, 0.3) is 0 Å². The van der Waals surface area contributed by atoms with Crippen LogP contribution in [0.4, 0.5) is 0 Å². The van der Waals surface area contributed by atoms with Crippen LogP contribution in [-0.4, -0.2) is 35.9 Å². The highest BCUT2D eigenvalue weighted by Gasteiger charge is 2.41. The molecule has 0 saturated carbocycles. The molecule has 0 fully saturated rings. The van der Waals surface area contributed by atoms with Crippen LogP contribution in [-0.2, 0) is 14.8 Å². The van der Waals surface area contributed by atoms with Crippen molar-refractivity contribution >= 4 is 16.0 Å². The smallest absolute Gasteiger partial charge is 0.324 e. The molecular weight excluding hydrogens is 278 g/mol. The van der Waals surface area contributed by atoms with Gasteiger partial charge in [-0.05, 0) is 51.0 Å². The molecule has 5 nitrogen and oxygen atoms in total. The maximum absolute atomic E-state index is 12.6. The molecule has 0 aliphatic carbocycles. The Bertz CT molecular complexity index is 620. The molecule has 0 bridgehead atoms. The third-order valence-electron chi connectivity index (χ3n) is 3.50. The Labute approximate surface area is 120 Å². The first-order valence-electron chi connectivity index (χ1n) is 6.38. The molecule has 0 amide bonds. The number of likely N-dealkylation sites (N-methyl/N-ethyl adjacent to an activating group) is 1. The van der Waals surface area contributed by atoms with Gasteiger partial charge < -0.3 is 5.11 Å². The molecule has 0 radical (unpaired) electrons. The van der Waals surface area contributed by atoms with Gasteiger partial charge in [0.15, 0.2) is 0 Å². The van der Waals surface area contributed by atoms with E-state index in [4.69, 9.17) is 0 Å². The van der Waals surface area contributed by atoms with E-state index in [1.807, 2.05) is 13.8 Å². The number of carboxylic acids is 1. The second kappa shape index (κ2) is 5.54. The SMILES string of the molecule is CCN(C(C)(C)C(=O)O)S(=O)(=O)c1ccc(C)c(C)c1. The number of nitrogens with zero attached hydrogens (tertiary/aromatic N) is 1. The highest BCUT2D eigenvalue weighted by molar-refractivity contribution is 7.89. The van der Waals surface area contributed by atoms with Gasteiger partial charge in [-0.15, -0.1) is 0 Å². The van der Waals surface area contributed by atoms with Crippen LogP contribution in [0.1, 0.15) is 31.9 Å². The summed E-state index contributed by atoms with van der Waals surface area (Å²) in [5.41, 5.74) is 0.353. The highest BCUT2D eigenvalue weighted by atomic mass is 32.2. The molecule has 0 saturated heterocycles. The molecule has 1 aromatic rings. The summed E-state index contributed by atoms with van der Waals surface area (Å²) in [7, 11) is -3.84. The van der Waals surface area contributed by atoms with Crippen LogP contribution in [0.5, 0.6) is 0 Å². The second-order valence-corrected chi connectivity index (χ2v) is 7.14. The summed E-state index contributed by atoms with van der Waals surface area (Å²) in [5.74, 6) is -1.17. The molecular formula is C14H21NO4S. The Balaban J connectivity index is 3.39. The molecule has 0 aromatic heterocycles. The van der Waals surface area contributed by atoms with Gasteiger partial charge in [0.2, 0.25) is 10.0 Å². The minimum absolute atomic E-state index is 0.0918. The van der Waals surface area contributed by atoms with Crippen LogP contribution in [0, 0.1) is 13.8 Å². The van der Waals surface area contributed by atoms with Gasteiger partial charge in [0.05, 0.1) is 4.90 Å². The van der Waals surface area contributed by atoms with Crippen molar-refractivity contribution in [3.05, 3.63) is 29.3 Å². The molecule has 0 heterocycles. The minimum Gasteiger partial charge on any atom is -0.480 e. The summed E-state index contributed by atoms with van der Waals surface area (Å²) >= 11 is 0. The molecule has 20 heavy (non-hydrogen) atoms. The van der Waals surface area contributed by atoms with Crippen LogP contribution < -0.4 is 0 Å². The normalized spacial score (nSPS) is 12.7. The molecule has 6 heteroatoms. The Morgan fingerprint density at radius 2 is 1.80 bits per heavy atom. The number of hydrogen-bond donors (Lipinski definition) is 1. The van der Waals surface area contributed by atoms with Crippen molar-refractivity contribution in [3.8, 4) is 0 Å². The van der Waals surface area contributed by atoms with Crippen molar-refractivity contribution in [1.82, 2.24) is 4.31 Å². The fourth-order valence-electron chi connectivity index (χ4n) is 1.97. The number of aryl methyl sites for hydroxylation is 2. The number of carbonyl (C=O) groups is 1. The summed E-state index contributed by atoms with van der Waals surface area (Å²) < 4.78 is 26.3. The lowest BCUT2D eigenvalue weighted by Crippen LogP contribution is -2.52. The Morgan fingerprint density at radius 3 is 2.20 bits per heavy atom. The quantitative estimate of drug-likeness (QED) is 0.904. The third-order valence-corrected chi connectivity index (χ3v) is 5.65. The van der Waals surface area contributed by atoms with E-state index in [1.165, 1.54) is 19.9 Å². The number of carboxylic acid groups (broad SMARTS) is 1. The lowest BCUT2D eigenvalue weighted by atomic mass is 10.1. The standard InChI is InChI=1S/C14H21NO4S/c1-6-15(14(4,5)13(16)17)20(18,19)12-8-7-10(2)11(3)9-12/h7-9H,6H2,1-5H3,(H,16,17). The lowest BCUT2D eigenvalue weighted by Gasteiger charge is -2.33. The molecule has 112 valence electrons. The van der Waals surface area contributed by atoms with E-state index in [2.05, 4.69) is 0 Å². The predicted octanol–water partition coefficient (Wildman–Crippen LogP) is 2.18. The Kier molecular flexibility index (Phi) is 4.61. The van der Waals surface area contributed by atoms with Gasteiger partial charge in [-0.25, -0.2) is 8.42 Å². The van der Waals surface area contributed by atoms with Gasteiger partial charge in [-0.3, -0.25) is 4.79 Å². The van der Waals surface area contributed by atoms with Gasteiger partial charge in [0.1, 0.15) is 5.54 Å². The zero-order chi connectivity index (χ0) is 15.7. The van der Waals surface area contributed by atoms with Gasteiger partial charge in [0, 0.05) is 6.54 Å². The summed E-state index contributed by atoms with van der Waals surface area (Å²) in [4.78, 5) is 11.4. The first kappa shape index (κ1) is 16.7. The van der Waals surface area contributed by atoms with Crippen LogP contribution in [0.25, 0.3) is 0 Å². The molecule has 0 aliphatic rings. The highest BCUT2D eigenvalue weighted by Crippen LogP contribution is 2.26. The fourth-order valence-corrected chi connectivity index (χ4v) is 3.81. The maximum atomic E-state index is 12.6. The molecule has 0 atom stereocenters. The van der Waals surface area contributed by atoms with Crippen LogP contribution in [0.15, 0.2) is 23.1 Å². The lowest BCUT2D eigenvalue weighted by molar-refractivity contribution is -0.146. The summed E-state index contributed by atoms with van der Waals surface area (Å²) in [5, 5.41) is 9.25. The van der Waals surface area contributed by atoms with Crippen molar-refractivity contribution in [1.29, 1.82) is 0 Å². The fraction of sp³-hybridized carbons (Fsp3) is 0.500. The summed E-state index contributed by atoms with van der Waals surface area (Å²) in [6.45, 7) is 8.21. The number of aliphatic carboxylic acids is 1. The first-order valence-corrected chi connectivity index (χ1v) is 7.82. The zero-order valence-electron chi connectivity index (χ0n) is 12.5. The topological polar surface area (TPSA) is 74.7 Å². The summed E-state index contributed by atoms with van der Waals surface area (Å²) in [6.07, 6.45) is 0. The molecule has 0 spiro atoms. The van der Waals surface area contributed by atoms with E-state index >= 15 is 0 Å². The van der Waals surface area contributed by atoms with Crippen molar-refractivity contribution in [2.45, 2.75) is 45.1 Å². The average molecular weight is 299 g/mol. The maximum Gasteiger partial charge on any atom is 0.324 e. The average Bonchev–Trinajstić information content (AvgIpc) is 2.32. The zero-order valence-corrected chi connectivity index (χ0v) is 13.3. The largest absolute Gasteiger partial charge is 0.480 e. The number of rotatable bonds is 5. The predicted molar refractivity (Wildman–Crippen MR) is 77.2 cm³/mol. The monoisotopic (exact) mass is 299 g/mol. The molecule has 0 unspecified atom stereocenters. The van der Waals surface area contributed by atoms with E-state index in [-0.39, 0.29) is 11.4 Å². The molecule has 1 aromatic carbocycles. The van der Waals surface area contributed by atoms with Crippen molar-refractivity contribution in [2.75, 3.05) is 6.54 Å². The van der Waals surface area contributed by atoms with Gasteiger partial charge >= 0.3 is 5.97 Å². The Morgan fingerprint density at radius 1 is 1.25 bits per heavy atom. The van der Waals surface area contributed by atoms with Gasteiger partial charge in [-0.1, -0.05) is 13.0 Å². The van der Waals surface area contributed by atoms with E-state index < -0.39 is 21.5 Å². The second-order valence-electron chi connectivity index (χ2n) is 5.28. The van der Waals surface area contributed by atoms with Crippen molar-refractivity contribution in [3.63, 3.8) is 0 Å². The van der Waals surface area contributed by atoms with Crippen LogP contribution >= 0.6 is 0 Å². The third kappa shape index (κ3) is 2.86. The van der Waals surface area contributed by atoms with Crippen molar-refractivity contribution < 1.29 is 18.3 Å². The van der Waals surface area contributed by atoms with Crippen molar-refractivity contribution in [2.24, 2.45) is 0 Å². The number of sulfonamides is 1. The minimum atomic E-state index is -3.84. The Hall–Kier alpha value is -1.40. The number of hydrogen-bond acceptors (Lipinski definition) is 3. The van der Waals surface area contributed by atoms with Gasteiger partial charge in [-0.2, -0.15) is 4.31 Å². The van der Waals surface area contributed by atoms with E-state index in [9.17, 15) is 18.3 Å². The number of benzene rings is 1. The van der Waals surface area contributed by atoms with E-state index in [0.717, 1.165) is 15.4 Å². The molecule has 1 N–H and O–H groups in total. The van der Waals surface area contributed by atoms with Crippen LogP contribution in [0.3, 0.4) is 0 Å².